The van der Waals surface area contributed by atoms with E-state index < -0.39 is 0 Å². The minimum atomic E-state index is -0.0173. The van der Waals surface area contributed by atoms with Gasteiger partial charge in [0.1, 0.15) is 17.7 Å². The van der Waals surface area contributed by atoms with Gasteiger partial charge < -0.3 is 9.13 Å². The highest BCUT2D eigenvalue weighted by molar-refractivity contribution is 6.16. The van der Waals surface area contributed by atoms with Crippen LogP contribution in [0.25, 0.3) is 11.2 Å². The SMILES string of the molecule is CCc1nn(C)c2c1nc(CCl)n2C(C)c1nncn1C. The lowest BCUT2D eigenvalue weighted by Gasteiger charge is -2.16. The minimum absolute atomic E-state index is 0.0173. The summed E-state index contributed by atoms with van der Waals surface area (Å²) >= 11 is 6.10. The third-order valence-corrected chi connectivity index (χ3v) is 4.01. The normalized spacial score (nSPS) is 13.2. The Labute approximate surface area is 127 Å². The smallest absolute Gasteiger partial charge is 0.159 e. The van der Waals surface area contributed by atoms with Gasteiger partial charge in [-0.05, 0) is 13.3 Å². The molecule has 0 saturated carbocycles. The number of hydrogen-bond donors (Lipinski definition) is 0. The molecule has 21 heavy (non-hydrogen) atoms. The molecule has 3 aromatic heterocycles. The number of imidazole rings is 1. The van der Waals surface area contributed by atoms with E-state index in [9.17, 15) is 0 Å². The molecule has 3 aromatic rings. The van der Waals surface area contributed by atoms with Crippen LogP contribution in [0.1, 0.15) is 37.2 Å². The minimum Gasteiger partial charge on any atom is -0.319 e. The zero-order valence-corrected chi connectivity index (χ0v) is 13.3. The van der Waals surface area contributed by atoms with Crippen molar-refractivity contribution in [3.63, 3.8) is 0 Å². The summed E-state index contributed by atoms with van der Waals surface area (Å²) in [5.41, 5.74) is 2.88. The van der Waals surface area contributed by atoms with Crippen molar-refractivity contribution in [2.45, 2.75) is 32.2 Å². The van der Waals surface area contributed by atoms with Crippen molar-refractivity contribution < 1.29 is 0 Å². The second kappa shape index (κ2) is 5.14. The van der Waals surface area contributed by atoms with E-state index in [1.807, 2.05) is 23.3 Å². The Balaban J connectivity index is 2.25. The molecule has 0 saturated heterocycles. The molecular formula is C13H18ClN7. The zero-order chi connectivity index (χ0) is 15.1. The van der Waals surface area contributed by atoms with Crippen LogP contribution in [0.2, 0.25) is 0 Å². The largest absolute Gasteiger partial charge is 0.319 e. The summed E-state index contributed by atoms with van der Waals surface area (Å²) < 4.78 is 5.87. The highest BCUT2D eigenvalue weighted by Crippen LogP contribution is 2.27. The summed E-state index contributed by atoms with van der Waals surface area (Å²) in [5.74, 6) is 2.03. The summed E-state index contributed by atoms with van der Waals surface area (Å²) in [5, 5.41) is 12.7. The van der Waals surface area contributed by atoms with E-state index in [0.29, 0.717) is 5.88 Å². The third kappa shape index (κ3) is 2.03. The maximum atomic E-state index is 6.10. The maximum absolute atomic E-state index is 6.10. The van der Waals surface area contributed by atoms with Gasteiger partial charge in [0, 0.05) is 14.1 Å². The summed E-state index contributed by atoms with van der Waals surface area (Å²) in [6.07, 6.45) is 2.54. The van der Waals surface area contributed by atoms with Gasteiger partial charge in [0.25, 0.3) is 0 Å². The Bertz CT molecular complexity index is 782. The molecule has 0 amide bonds. The first-order valence-corrected chi connectivity index (χ1v) is 7.44. The molecule has 0 bridgehead atoms. The summed E-state index contributed by atoms with van der Waals surface area (Å²) in [4.78, 5) is 4.67. The molecule has 0 radical (unpaired) electrons. The van der Waals surface area contributed by atoms with Crippen molar-refractivity contribution in [1.82, 2.24) is 34.1 Å². The molecule has 3 heterocycles. The van der Waals surface area contributed by atoms with Crippen molar-refractivity contribution in [3.8, 4) is 0 Å². The van der Waals surface area contributed by atoms with Gasteiger partial charge in [-0.15, -0.1) is 21.8 Å². The van der Waals surface area contributed by atoms with Gasteiger partial charge in [-0.2, -0.15) is 5.10 Å². The molecule has 0 aliphatic rings. The van der Waals surface area contributed by atoms with Gasteiger partial charge in [-0.3, -0.25) is 4.68 Å². The molecule has 112 valence electrons. The van der Waals surface area contributed by atoms with Gasteiger partial charge in [-0.1, -0.05) is 6.92 Å². The average Bonchev–Trinajstić information content (AvgIpc) is 3.13. The van der Waals surface area contributed by atoms with Gasteiger partial charge >= 0.3 is 0 Å². The molecule has 0 aliphatic heterocycles. The highest BCUT2D eigenvalue weighted by atomic mass is 35.5. The van der Waals surface area contributed by atoms with Crippen LogP contribution in [0.3, 0.4) is 0 Å². The molecule has 0 spiro atoms. The highest BCUT2D eigenvalue weighted by Gasteiger charge is 2.24. The average molecular weight is 308 g/mol. The molecule has 8 heteroatoms. The Morgan fingerprint density at radius 3 is 2.67 bits per heavy atom. The van der Waals surface area contributed by atoms with Gasteiger partial charge in [0.15, 0.2) is 11.5 Å². The molecule has 3 rings (SSSR count). The number of hydrogen-bond acceptors (Lipinski definition) is 4. The first kappa shape index (κ1) is 14.1. The van der Waals surface area contributed by atoms with E-state index in [1.165, 1.54) is 0 Å². The van der Waals surface area contributed by atoms with Crippen LogP contribution >= 0.6 is 11.6 Å². The predicted octanol–water partition coefficient (Wildman–Crippen LogP) is 1.81. The lowest BCUT2D eigenvalue weighted by atomic mass is 10.3. The van der Waals surface area contributed by atoms with Gasteiger partial charge in [-0.25, -0.2) is 4.98 Å². The fraction of sp³-hybridized carbons (Fsp3) is 0.538. The van der Waals surface area contributed by atoms with Crippen LogP contribution in [0.5, 0.6) is 0 Å². The van der Waals surface area contributed by atoms with Crippen LogP contribution in [0, 0.1) is 0 Å². The number of aryl methyl sites for hydroxylation is 3. The van der Waals surface area contributed by atoms with E-state index in [0.717, 1.165) is 34.9 Å². The number of rotatable bonds is 4. The first-order chi connectivity index (χ1) is 10.1. The summed E-state index contributed by atoms with van der Waals surface area (Å²) in [6.45, 7) is 4.15. The van der Waals surface area contributed by atoms with Crippen LogP contribution < -0.4 is 0 Å². The van der Waals surface area contributed by atoms with Crippen molar-refractivity contribution in [2.24, 2.45) is 14.1 Å². The number of halogens is 1. The summed E-state index contributed by atoms with van der Waals surface area (Å²) in [7, 11) is 3.86. The van der Waals surface area contributed by atoms with Crippen molar-refractivity contribution in [3.05, 3.63) is 23.7 Å². The predicted molar refractivity (Wildman–Crippen MR) is 80.3 cm³/mol. The quantitative estimate of drug-likeness (QED) is 0.689. The van der Waals surface area contributed by atoms with E-state index in [2.05, 4.69) is 38.7 Å². The molecule has 1 unspecified atom stereocenters. The van der Waals surface area contributed by atoms with Gasteiger partial charge in [0.05, 0.1) is 17.6 Å². The van der Waals surface area contributed by atoms with Gasteiger partial charge in [0.2, 0.25) is 0 Å². The second-order valence-corrected chi connectivity index (χ2v) is 5.37. The molecule has 7 nitrogen and oxygen atoms in total. The number of fused-ring (bicyclic) bond motifs is 1. The lowest BCUT2D eigenvalue weighted by molar-refractivity contribution is 0.557. The summed E-state index contributed by atoms with van der Waals surface area (Å²) in [6, 6.07) is -0.0173. The van der Waals surface area contributed by atoms with Crippen LogP contribution in [0.15, 0.2) is 6.33 Å². The zero-order valence-electron chi connectivity index (χ0n) is 12.6. The molecule has 0 aliphatic carbocycles. The van der Waals surface area contributed by atoms with E-state index in [4.69, 9.17) is 11.6 Å². The van der Waals surface area contributed by atoms with E-state index in [-0.39, 0.29) is 6.04 Å². The van der Waals surface area contributed by atoms with Crippen LogP contribution in [-0.4, -0.2) is 34.1 Å². The van der Waals surface area contributed by atoms with Crippen LogP contribution in [-0.2, 0) is 26.4 Å². The third-order valence-electron chi connectivity index (χ3n) is 3.77. The molecule has 0 N–H and O–H groups in total. The maximum Gasteiger partial charge on any atom is 0.159 e. The monoisotopic (exact) mass is 307 g/mol. The number of nitrogens with zero attached hydrogens (tertiary/aromatic N) is 7. The van der Waals surface area contributed by atoms with E-state index >= 15 is 0 Å². The topological polar surface area (TPSA) is 66.3 Å². The Morgan fingerprint density at radius 1 is 1.33 bits per heavy atom. The fourth-order valence-corrected chi connectivity index (χ4v) is 2.96. The van der Waals surface area contributed by atoms with Crippen molar-refractivity contribution in [1.29, 1.82) is 0 Å². The second-order valence-electron chi connectivity index (χ2n) is 5.10. The lowest BCUT2D eigenvalue weighted by Crippen LogP contribution is -2.16. The van der Waals surface area contributed by atoms with E-state index in [1.54, 1.807) is 6.33 Å². The fourth-order valence-electron chi connectivity index (χ4n) is 2.77. The molecular weight excluding hydrogens is 290 g/mol. The first-order valence-electron chi connectivity index (χ1n) is 6.91. The number of alkyl halides is 1. The molecule has 1 atom stereocenters. The Hall–Kier alpha value is -1.89. The molecule has 0 aromatic carbocycles. The number of aromatic nitrogens is 7. The Kier molecular flexibility index (Phi) is 3.44. The molecule has 0 fully saturated rings. The Morgan fingerprint density at radius 2 is 2.10 bits per heavy atom. The van der Waals surface area contributed by atoms with Crippen molar-refractivity contribution >= 4 is 22.8 Å². The standard InChI is InChI=1S/C13H18ClN7/c1-5-9-11-13(20(4)18-9)21(10(6-14)16-11)8(2)12-17-15-7-19(12)3/h7-8H,5-6H2,1-4H3. The van der Waals surface area contributed by atoms with Crippen molar-refractivity contribution in [2.75, 3.05) is 0 Å². The van der Waals surface area contributed by atoms with Crippen LogP contribution in [0.4, 0.5) is 0 Å².